The standard InChI is InChI=1S/C12H24N2O2/c1-4-13-11-7-6-8-14(12(11)15)9-10(3)16-5-2/h10-11,13H,4-9H2,1-3H3. The minimum Gasteiger partial charge on any atom is -0.377 e. The predicted molar refractivity (Wildman–Crippen MR) is 64.4 cm³/mol. The van der Waals surface area contributed by atoms with Crippen LogP contribution in [0.4, 0.5) is 0 Å². The van der Waals surface area contributed by atoms with Gasteiger partial charge in [-0.05, 0) is 33.2 Å². The number of hydrogen-bond acceptors (Lipinski definition) is 3. The summed E-state index contributed by atoms with van der Waals surface area (Å²) in [7, 11) is 0. The quantitative estimate of drug-likeness (QED) is 0.738. The molecule has 16 heavy (non-hydrogen) atoms. The molecule has 0 aromatic rings. The molecule has 1 N–H and O–H groups in total. The molecule has 94 valence electrons. The Balaban J connectivity index is 2.43. The first kappa shape index (κ1) is 13.5. The first-order valence-electron chi connectivity index (χ1n) is 6.32. The molecule has 0 aliphatic carbocycles. The Morgan fingerprint density at radius 3 is 2.94 bits per heavy atom. The Labute approximate surface area is 98.3 Å². The van der Waals surface area contributed by atoms with Crippen LogP contribution < -0.4 is 5.32 Å². The summed E-state index contributed by atoms with van der Waals surface area (Å²) in [6, 6.07) is 0.0209. The zero-order chi connectivity index (χ0) is 12.0. The smallest absolute Gasteiger partial charge is 0.239 e. The average Bonchev–Trinajstić information content (AvgIpc) is 2.24. The highest BCUT2D eigenvalue weighted by Crippen LogP contribution is 2.12. The summed E-state index contributed by atoms with van der Waals surface area (Å²) in [5.41, 5.74) is 0. The topological polar surface area (TPSA) is 41.6 Å². The Hall–Kier alpha value is -0.610. The van der Waals surface area contributed by atoms with E-state index in [1.54, 1.807) is 0 Å². The molecule has 0 aromatic carbocycles. The number of ether oxygens (including phenoxy) is 1. The van der Waals surface area contributed by atoms with Crippen molar-refractivity contribution in [2.24, 2.45) is 0 Å². The van der Waals surface area contributed by atoms with Gasteiger partial charge in [0.1, 0.15) is 0 Å². The molecule has 0 radical (unpaired) electrons. The first-order valence-corrected chi connectivity index (χ1v) is 6.32. The maximum atomic E-state index is 12.1. The van der Waals surface area contributed by atoms with Crippen LogP contribution in [0.1, 0.15) is 33.6 Å². The van der Waals surface area contributed by atoms with Crippen molar-refractivity contribution in [1.29, 1.82) is 0 Å². The fraction of sp³-hybridized carbons (Fsp3) is 0.917. The van der Waals surface area contributed by atoms with Gasteiger partial charge >= 0.3 is 0 Å². The van der Waals surface area contributed by atoms with E-state index in [2.05, 4.69) is 5.32 Å². The van der Waals surface area contributed by atoms with Gasteiger partial charge in [-0.25, -0.2) is 0 Å². The number of hydrogen-bond donors (Lipinski definition) is 1. The van der Waals surface area contributed by atoms with E-state index in [1.807, 2.05) is 25.7 Å². The van der Waals surface area contributed by atoms with Gasteiger partial charge in [-0.3, -0.25) is 4.79 Å². The van der Waals surface area contributed by atoms with Crippen molar-refractivity contribution in [2.45, 2.75) is 45.8 Å². The van der Waals surface area contributed by atoms with Crippen molar-refractivity contribution in [3.8, 4) is 0 Å². The minimum atomic E-state index is 0.0209. The number of carbonyl (C=O) groups is 1. The third-order valence-electron chi connectivity index (χ3n) is 2.91. The van der Waals surface area contributed by atoms with Gasteiger partial charge < -0.3 is 15.0 Å². The number of carbonyl (C=O) groups excluding carboxylic acids is 1. The molecule has 0 saturated carbocycles. The summed E-state index contributed by atoms with van der Waals surface area (Å²) >= 11 is 0. The largest absolute Gasteiger partial charge is 0.377 e. The SMILES string of the molecule is CCNC1CCCN(CC(C)OCC)C1=O. The van der Waals surface area contributed by atoms with E-state index in [9.17, 15) is 4.79 Å². The fourth-order valence-corrected chi connectivity index (χ4v) is 2.20. The lowest BCUT2D eigenvalue weighted by atomic mass is 10.0. The second-order valence-corrected chi connectivity index (χ2v) is 4.30. The van der Waals surface area contributed by atoms with Crippen LogP contribution in [-0.4, -0.2) is 49.2 Å². The highest BCUT2D eigenvalue weighted by molar-refractivity contribution is 5.82. The van der Waals surface area contributed by atoms with Gasteiger partial charge in [-0.1, -0.05) is 6.92 Å². The van der Waals surface area contributed by atoms with Gasteiger partial charge in [0.15, 0.2) is 0 Å². The van der Waals surface area contributed by atoms with Gasteiger partial charge in [0.2, 0.25) is 5.91 Å². The molecule has 1 saturated heterocycles. The van der Waals surface area contributed by atoms with E-state index in [4.69, 9.17) is 4.74 Å². The number of likely N-dealkylation sites (N-methyl/N-ethyl adjacent to an activating group) is 1. The molecule has 4 heteroatoms. The summed E-state index contributed by atoms with van der Waals surface area (Å²) in [6.07, 6.45) is 2.18. The van der Waals surface area contributed by atoms with Gasteiger partial charge in [0, 0.05) is 19.7 Å². The van der Waals surface area contributed by atoms with Crippen molar-refractivity contribution in [3.63, 3.8) is 0 Å². The minimum absolute atomic E-state index is 0.0209. The highest BCUT2D eigenvalue weighted by Gasteiger charge is 2.28. The van der Waals surface area contributed by atoms with Crippen molar-refractivity contribution >= 4 is 5.91 Å². The number of rotatable bonds is 6. The average molecular weight is 228 g/mol. The van der Waals surface area contributed by atoms with Crippen LogP contribution in [0.2, 0.25) is 0 Å². The second-order valence-electron chi connectivity index (χ2n) is 4.30. The number of piperidine rings is 1. The summed E-state index contributed by atoms with van der Waals surface area (Å²) < 4.78 is 5.47. The third kappa shape index (κ3) is 3.76. The predicted octanol–water partition coefficient (Wildman–Crippen LogP) is 1.01. The summed E-state index contributed by atoms with van der Waals surface area (Å²) in [6.45, 7) is 9.19. The number of nitrogens with zero attached hydrogens (tertiary/aromatic N) is 1. The van der Waals surface area contributed by atoms with E-state index >= 15 is 0 Å². The Morgan fingerprint density at radius 2 is 2.31 bits per heavy atom. The van der Waals surface area contributed by atoms with E-state index < -0.39 is 0 Å². The molecule has 2 unspecified atom stereocenters. The van der Waals surface area contributed by atoms with Crippen LogP contribution >= 0.6 is 0 Å². The Kier molecular flexibility index (Phi) is 5.77. The summed E-state index contributed by atoms with van der Waals surface area (Å²) in [5.74, 6) is 0.236. The first-order chi connectivity index (χ1) is 7.69. The number of amides is 1. The van der Waals surface area contributed by atoms with Crippen molar-refractivity contribution in [1.82, 2.24) is 10.2 Å². The molecule has 1 heterocycles. The van der Waals surface area contributed by atoms with Crippen LogP contribution in [-0.2, 0) is 9.53 Å². The van der Waals surface area contributed by atoms with E-state index in [0.29, 0.717) is 13.2 Å². The lowest BCUT2D eigenvalue weighted by Gasteiger charge is -2.34. The normalized spacial score (nSPS) is 23.6. The van der Waals surface area contributed by atoms with Gasteiger partial charge in [-0.15, -0.1) is 0 Å². The molecule has 0 aromatic heterocycles. The molecule has 1 amide bonds. The third-order valence-corrected chi connectivity index (χ3v) is 2.91. The molecule has 2 atom stereocenters. The van der Waals surface area contributed by atoms with Gasteiger partial charge in [0.25, 0.3) is 0 Å². The van der Waals surface area contributed by atoms with Gasteiger partial charge in [0.05, 0.1) is 12.1 Å². The van der Waals surface area contributed by atoms with Crippen LogP contribution in [0, 0.1) is 0 Å². The van der Waals surface area contributed by atoms with Crippen molar-refractivity contribution in [2.75, 3.05) is 26.2 Å². The molecule has 0 spiro atoms. The zero-order valence-corrected chi connectivity index (χ0v) is 10.7. The fourth-order valence-electron chi connectivity index (χ4n) is 2.20. The van der Waals surface area contributed by atoms with Crippen molar-refractivity contribution in [3.05, 3.63) is 0 Å². The maximum absolute atomic E-state index is 12.1. The van der Waals surface area contributed by atoms with Crippen LogP contribution in [0.15, 0.2) is 0 Å². The monoisotopic (exact) mass is 228 g/mol. The van der Waals surface area contributed by atoms with E-state index in [1.165, 1.54) is 0 Å². The van der Waals surface area contributed by atoms with E-state index in [-0.39, 0.29) is 18.1 Å². The molecule has 4 nitrogen and oxygen atoms in total. The Morgan fingerprint density at radius 1 is 1.56 bits per heavy atom. The number of likely N-dealkylation sites (tertiary alicyclic amines) is 1. The molecule has 1 aliphatic heterocycles. The summed E-state index contributed by atoms with van der Waals surface area (Å²) in [5, 5.41) is 3.24. The van der Waals surface area contributed by atoms with Crippen LogP contribution in [0.25, 0.3) is 0 Å². The van der Waals surface area contributed by atoms with Gasteiger partial charge in [-0.2, -0.15) is 0 Å². The van der Waals surface area contributed by atoms with Crippen LogP contribution in [0.3, 0.4) is 0 Å². The van der Waals surface area contributed by atoms with Crippen molar-refractivity contribution < 1.29 is 9.53 Å². The molecule has 1 rings (SSSR count). The number of nitrogens with one attached hydrogen (secondary N) is 1. The molecular weight excluding hydrogens is 204 g/mol. The van der Waals surface area contributed by atoms with Crippen LogP contribution in [0.5, 0.6) is 0 Å². The molecule has 1 fully saturated rings. The molecule has 0 bridgehead atoms. The van der Waals surface area contributed by atoms with E-state index in [0.717, 1.165) is 25.9 Å². The zero-order valence-electron chi connectivity index (χ0n) is 10.7. The highest BCUT2D eigenvalue weighted by atomic mass is 16.5. The lowest BCUT2D eigenvalue weighted by Crippen LogP contribution is -2.52. The molecular formula is C12H24N2O2. The lowest BCUT2D eigenvalue weighted by molar-refractivity contribution is -0.137. The second kappa shape index (κ2) is 6.86. The Bertz CT molecular complexity index is 219. The molecule has 1 aliphatic rings. The summed E-state index contributed by atoms with van der Waals surface area (Å²) in [4.78, 5) is 14.0. The maximum Gasteiger partial charge on any atom is 0.239 e.